The van der Waals surface area contributed by atoms with Crippen LogP contribution in [0.3, 0.4) is 0 Å². The van der Waals surface area contributed by atoms with Gasteiger partial charge in [-0.3, -0.25) is 9.59 Å². The summed E-state index contributed by atoms with van der Waals surface area (Å²) in [5, 5.41) is 5.61. The number of methoxy groups -OCH3 is 1. The Labute approximate surface area is 206 Å². The first-order chi connectivity index (χ1) is 17.0. The maximum Gasteiger partial charge on any atom is 0.339 e. The zero-order valence-electron chi connectivity index (χ0n) is 20.5. The molecule has 1 aliphatic heterocycles. The smallest absolute Gasteiger partial charge is 0.339 e. The highest BCUT2D eigenvalue weighted by atomic mass is 16.5. The number of anilines is 1. The van der Waals surface area contributed by atoms with Gasteiger partial charge in [0.15, 0.2) is 0 Å². The molecular formula is C26H36N4O5. The molecule has 35 heavy (non-hydrogen) atoms. The summed E-state index contributed by atoms with van der Waals surface area (Å²) < 4.78 is 4.68. The van der Waals surface area contributed by atoms with E-state index >= 15 is 0 Å². The standard InChI is InChI=1S/C26H36N4O5/c1-35-25(33)19-12-13-22(27-16-19)29-23(31)21(15-18-10-6-3-7-11-18)30-24(32)20(28-26(30)34)14-17-8-4-2-5-9-17/h12-13,16-18,20-21H,2-11,14-15H2,1H3,(H,28,34)(H,27,29,31). The van der Waals surface area contributed by atoms with Gasteiger partial charge in [0.1, 0.15) is 17.9 Å². The number of nitrogens with zero attached hydrogens (tertiary/aromatic N) is 2. The average Bonchev–Trinajstić information content (AvgIpc) is 3.16. The molecule has 1 aromatic rings. The molecule has 0 bridgehead atoms. The summed E-state index contributed by atoms with van der Waals surface area (Å²) in [5.41, 5.74) is 0.268. The lowest BCUT2D eigenvalue weighted by atomic mass is 9.83. The third-order valence-electron chi connectivity index (χ3n) is 7.68. The molecule has 1 saturated heterocycles. The van der Waals surface area contributed by atoms with Crippen LogP contribution in [-0.4, -0.2) is 52.9 Å². The molecule has 4 rings (SSSR count). The average molecular weight is 485 g/mol. The van der Waals surface area contributed by atoms with Gasteiger partial charge in [0, 0.05) is 6.20 Å². The maximum atomic E-state index is 13.4. The number of carbonyl (C=O) groups is 4. The van der Waals surface area contributed by atoms with Gasteiger partial charge in [-0.15, -0.1) is 0 Å². The third kappa shape index (κ3) is 6.18. The van der Waals surface area contributed by atoms with Crippen molar-refractivity contribution in [3.05, 3.63) is 23.9 Å². The molecule has 2 unspecified atom stereocenters. The van der Waals surface area contributed by atoms with Gasteiger partial charge < -0.3 is 15.4 Å². The van der Waals surface area contributed by atoms with Crippen molar-refractivity contribution in [3.63, 3.8) is 0 Å². The minimum Gasteiger partial charge on any atom is -0.465 e. The number of nitrogens with one attached hydrogen (secondary N) is 2. The van der Waals surface area contributed by atoms with Crippen molar-refractivity contribution in [2.45, 2.75) is 89.1 Å². The van der Waals surface area contributed by atoms with Gasteiger partial charge in [0.2, 0.25) is 5.91 Å². The number of hydrogen-bond donors (Lipinski definition) is 2. The number of pyridine rings is 1. The fraction of sp³-hybridized carbons (Fsp3) is 0.654. The molecule has 3 aliphatic rings. The number of esters is 1. The van der Waals surface area contributed by atoms with Gasteiger partial charge in [-0.1, -0.05) is 64.2 Å². The van der Waals surface area contributed by atoms with Gasteiger partial charge in [-0.2, -0.15) is 0 Å². The topological polar surface area (TPSA) is 118 Å². The first kappa shape index (κ1) is 25.1. The van der Waals surface area contributed by atoms with E-state index in [-0.39, 0.29) is 23.2 Å². The molecule has 190 valence electrons. The SMILES string of the molecule is COC(=O)c1ccc(NC(=O)C(CC2CCCCC2)N2C(=O)NC(CC3CCCCC3)C2=O)nc1. The molecule has 2 aliphatic carbocycles. The molecule has 4 amide bonds. The Balaban J connectivity index is 1.49. The van der Waals surface area contributed by atoms with Crippen molar-refractivity contribution in [1.82, 2.24) is 15.2 Å². The molecular weight excluding hydrogens is 448 g/mol. The Morgan fingerprint density at radius 3 is 2.31 bits per heavy atom. The van der Waals surface area contributed by atoms with Crippen molar-refractivity contribution in [3.8, 4) is 0 Å². The molecule has 3 fully saturated rings. The molecule has 2 saturated carbocycles. The lowest BCUT2D eigenvalue weighted by Crippen LogP contribution is -2.49. The number of aromatic nitrogens is 1. The van der Waals surface area contributed by atoms with Crippen molar-refractivity contribution < 1.29 is 23.9 Å². The summed E-state index contributed by atoms with van der Waals surface area (Å²) in [7, 11) is 1.29. The Morgan fingerprint density at radius 2 is 1.71 bits per heavy atom. The van der Waals surface area contributed by atoms with Crippen LogP contribution in [0.4, 0.5) is 10.6 Å². The summed E-state index contributed by atoms with van der Waals surface area (Å²) in [4.78, 5) is 56.7. The van der Waals surface area contributed by atoms with Gasteiger partial charge >= 0.3 is 12.0 Å². The van der Waals surface area contributed by atoms with Crippen LogP contribution in [0.25, 0.3) is 0 Å². The minimum atomic E-state index is -0.899. The van der Waals surface area contributed by atoms with Gasteiger partial charge in [0.25, 0.3) is 5.91 Å². The van der Waals surface area contributed by atoms with E-state index in [9.17, 15) is 19.2 Å². The lowest BCUT2D eigenvalue weighted by molar-refractivity contribution is -0.134. The number of imide groups is 1. The van der Waals surface area contributed by atoms with Crippen molar-refractivity contribution in [1.29, 1.82) is 0 Å². The largest absolute Gasteiger partial charge is 0.465 e. The molecule has 9 heteroatoms. The van der Waals surface area contributed by atoms with Gasteiger partial charge in [-0.25, -0.2) is 19.5 Å². The van der Waals surface area contributed by atoms with Crippen LogP contribution in [0.1, 0.15) is 87.4 Å². The highest BCUT2D eigenvalue weighted by Gasteiger charge is 2.46. The quantitative estimate of drug-likeness (QED) is 0.425. The Morgan fingerprint density at radius 1 is 1.06 bits per heavy atom. The lowest BCUT2D eigenvalue weighted by Gasteiger charge is -2.30. The predicted molar refractivity (Wildman–Crippen MR) is 130 cm³/mol. The molecule has 0 aromatic carbocycles. The number of hydrogen-bond acceptors (Lipinski definition) is 6. The monoisotopic (exact) mass is 484 g/mol. The first-order valence-electron chi connectivity index (χ1n) is 12.9. The van der Waals surface area contributed by atoms with Crippen LogP contribution in [0.15, 0.2) is 18.3 Å². The van der Waals surface area contributed by atoms with Crippen molar-refractivity contribution in [2.75, 3.05) is 12.4 Å². The molecule has 1 aromatic heterocycles. The number of ether oxygens (including phenoxy) is 1. The number of carbonyl (C=O) groups excluding carboxylic acids is 4. The van der Waals surface area contributed by atoms with Crippen LogP contribution < -0.4 is 10.6 Å². The number of rotatable bonds is 8. The van der Waals surface area contributed by atoms with Crippen molar-refractivity contribution >= 4 is 29.6 Å². The number of urea groups is 1. The summed E-state index contributed by atoms with van der Waals surface area (Å²) in [5.74, 6) is -0.287. The van der Waals surface area contributed by atoms with Crippen LogP contribution in [0, 0.1) is 11.8 Å². The molecule has 0 radical (unpaired) electrons. The summed E-state index contributed by atoms with van der Waals surface area (Å²) >= 11 is 0. The van der Waals surface area contributed by atoms with E-state index in [0.717, 1.165) is 56.3 Å². The zero-order valence-corrected chi connectivity index (χ0v) is 20.5. The highest BCUT2D eigenvalue weighted by molar-refractivity contribution is 6.09. The maximum absolute atomic E-state index is 13.4. The summed E-state index contributed by atoms with van der Waals surface area (Å²) in [6.45, 7) is 0. The fourth-order valence-corrected chi connectivity index (χ4v) is 5.74. The van der Waals surface area contributed by atoms with E-state index in [0.29, 0.717) is 18.8 Å². The predicted octanol–water partition coefficient (Wildman–Crippen LogP) is 4.04. The van der Waals surface area contributed by atoms with E-state index in [2.05, 4.69) is 20.4 Å². The first-order valence-corrected chi connectivity index (χ1v) is 12.9. The summed E-state index contributed by atoms with van der Waals surface area (Å²) in [6, 6.07) is 1.08. The highest BCUT2D eigenvalue weighted by Crippen LogP contribution is 2.32. The van der Waals surface area contributed by atoms with Crippen LogP contribution in [0.2, 0.25) is 0 Å². The van der Waals surface area contributed by atoms with Crippen molar-refractivity contribution in [2.24, 2.45) is 11.8 Å². The third-order valence-corrected chi connectivity index (χ3v) is 7.68. The van der Waals surface area contributed by atoms with E-state index in [1.165, 1.54) is 38.3 Å². The Kier molecular flexibility index (Phi) is 8.36. The molecule has 2 atom stereocenters. The van der Waals surface area contributed by atoms with Gasteiger partial charge in [0.05, 0.1) is 12.7 Å². The molecule has 2 N–H and O–H groups in total. The van der Waals surface area contributed by atoms with E-state index in [1.807, 2.05) is 0 Å². The minimum absolute atomic E-state index is 0.252. The second-order valence-electron chi connectivity index (χ2n) is 10.1. The van der Waals surface area contributed by atoms with Crippen LogP contribution in [0.5, 0.6) is 0 Å². The normalized spacial score (nSPS) is 22.5. The fourth-order valence-electron chi connectivity index (χ4n) is 5.74. The van der Waals surface area contributed by atoms with E-state index < -0.39 is 30.0 Å². The second-order valence-corrected chi connectivity index (χ2v) is 10.1. The second kappa shape index (κ2) is 11.6. The van der Waals surface area contributed by atoms with Crippen LogP contribution in [-0.2, 0) is 14.3 Å². The van der Waals surface area contributed by atoms with E-state index in [4.69, 9.17) is 0 Å². The Bertz CT molecular complexity index is 922. The molecule has 0 spiro atoms. The van der Waals surface area contributed by atoms with Crippen LogP contribution >= 0.6 is 0 Å². The van der Waals surface area contributed by atoms with E-state index in [1.54, 1.807) is 0 Å². The number of amides is 4. The Hall–Kier alpha value is -2.97. The molecule has 2 heterocycles. The molecule has 9 nitrogen and oxygen atoms in total. The van der Waals surface area contributed by atoms with Gasteiger partial charge in [-0.05, 0) is 36.8 Å². The zero-order chi connectivity index (χ0) is 24.8. The summed E-state index contributed by atoms with van der Waals surface area (Å²) in [6.07, 6.45) is 13.5.